The SMILES string of the molecule is CCNC(=O)Nc1ccc2c(c1)C(=O)N(C)[C@H]1CC[C@H](CC(=O)NCC3CCCCC3)O[C@H]1CO2. The molecule has 9 nitrogen and oxygen atoms in total. The molecule has 4 amide bonds. The Labute approximate surface area is 207 Å². The maximum absolute atomic E-state index is 13.3. The molecule has 3 aliphatic rings. The second kappa shape index (κ2) is 11.7. The van der Waals surface area contributed by atoms with Gasteiger partial charge in [0.15, 0.2) is 0 Å². The second-order valence-electron chi connectivity index (χ2n) is 9.88. The Hall–Kier alpha value is -2.81. The van der Waals surface area contributed by atoms with E-state index in [1.165, 1.54) is 32.1 Å². The van der Waals surface area contributed by atoms with E-state index in [4.69, 9.17) is 9.47 Å². The Morgan fingerprint density at radius 1 is 1.09 bits per heavy atom. The van der Waals surface area contributed by atoms with Gasteiger partial charge in [0.25, 0.3) is 5.91 Å². The molecule has 2 heterocycles. The summed E-state index contributed by atoms with van der Waals surface area (Å²) >= 11 is 0. The first kappa shape index (κ1) is 25.3. The van der Waals surface area contributed by atoms with Crippen LogP contribution in [0.4, 0.5) is 10.5 Å². The number of fused-ring (bicyclic) bond motifs is 2. The zero-order valence-electron chi connectivity index (χ0n) is 20.8. The Kier molecular flexibility index (Phi) is 8.49. The standard InChI is InChI=1S/C26H38N4O5/c1-3-27-26(33)29-18-9-12-22-20(13-18)25(32)30(2)21-11-10-19(35-23(21)16-34-22)14-24(31)28-15-17-7-5-4-6-8-17/h9,12-13,17,19,21,23H,3-8,10-11,14-16H2,1-2H3,(H,28,31)(H2,27,29,33)/t19-,21+,23+/m1/s1. The monoisotopic (exact) mass is 486 g/mol. The predicted molar refractivity (Wildman–Crippen MR) is 133 cm³/mol. The molecule has 4 rings (SSSR count). The number of likely N-dealkylation sites (N-methyl/N-ethyl adjacent to an activating group) is 1. The molecule has 0 unspecified atom stereocenters. The molecule has 3 atom stereocenters. The van der Waals surface area contributed by atoms with E-state index in [9.17, 15) is 14.4 Å². The summed E-state index contributed by atoms with van der Waals surface area (Å²) in [4.78, 5) is 39.4. The van der Waals surface area contributed by atoms with E-state index in [0.717, 1.165) is 13.0 Å². The van der Waals surface area contributed by atoms with Gasteiger partial charge in [0.05, 0.1) is 24.1 Å². The van der Waals surface area contributed by atoms with Gasteiger partial charge in [-0.15, -0.1) is 0 Å². The van der Waals surface area contributed by atoms with Gasteiger partial charge in [0, 0.05) is 25.8 Å². The highest BCUT2D eigenvalue weighted by atomic mass is 16.5. The minimum Gasteiger partial charge on any atom is -0.490 e. The number of carbonyl (C=O) groups is 3. The molecule has 192 valence electrons. The van der Waals surface area contributed by atoms with E-state index in [2.05, 4.69) is 16.0 Å². The van der Waals surface area contributed by atoms with Crippen molar-refractivity contribution >= 4 is 23.5 Å². The number of rotatable bonds is 6. The number of anilines is 1. The summed E-state index contributed by atoms with van der Waals surface area (Å²) in [6.07, 6.45) is 7.52. The van der Waals surface area contributed by atoms with Gasteiger partial charge in [-0.2, -0.15) is 0 Å². The Morgan fingerprint density at radius 3 is 2.66 bits per heavy atom. The van der Waals surface area contributed by atoms with Crippen molar-refractivity contribution in [3.63, 3.8) is 0 Å². The van der Waals surface area contributed by atoms with Gasteiger partial charge in [-0.1, -0.05) is 19.3 Å². The Balaban J connectivity index is 1.35. The van der Waals surface area contributed by atoms with Crippen LogP contribution in [0.25, 0.3) is 0 Å². The number of nitrogens with one attached hydrogen (secondary N) is 3. The van der Waals surface area contributed by atoms with Gasteiger partial charge in [-0.3, -0.25) is 9.59 Å². The van der Waals surface area contributed by atoms with Crippen molar-refractivity contribution in [2.75, 3.05) is 32.1 Å². The molecule has 1 saturated carbocycles. The third-order valence-electron chi connectivity index (χ3n) is 7.33. The summed E-state index contributed by atoms with van der Waals surface area (Å²) in [6, 6.07) is 4.59. The fraction of sp³-hybridized carbons (Fsp3) is 0.654. The van der Waals surface area contributed by atoms with Crippen LogP contribution in [0.2, 0.25) is 0 Å². The molecule has 9 heteroatoms. The number of hydrogen-bond donors (Lipinski definition) is 3. The summed E-state index contributed by atoms with van der Waals surface area (Å²) in [5, 5.41) is 8.51. The van der Waals surface area contributed by atoms with Crippen LogP contribution in [0.5, 0.6) is 5.75 Å². The molecule has 1 aromatic carbocycles. The average Bonchev–Trinajstić information content (AvgIpc) is 2.86. The number of amides is 4. The lowest BCUT2D eigenvalue weighted by Gasteiger charge is -2.42. The van der Waals surface area contributed by atoms with E-state index in [-0.39, 0.29) is 36.1 Å². The topological polar surface area (TPSA) is 109 Å². The molecule has 0 aromatic heterocycles. The van der Waals surface area contributed by atoms with Crippen LogP contribution in [0.15, 0.2) is 18.2 Å². The van der Waals surface area contributed by atoms with Crippen LogP contribution in [-0.4, -0.2) is 67.7 Å². The molecule has 1 aromatic rings. The van der Waals surface area contributed by atoms with Crippen molar-refractivity contribution in [1.82, 2.24) is 15.5 Å². The molecular weight excluding hydrogens is 448 g/mol. The van der Waals surface area contributed by atoms with E-state index in [1.807, 2.05) is 6.92 Å². The number of ether oxygens (including phenoxy) is 2. The van der Waals surface area contributed by atoms with E-state index in [0.29, 0.717) is 48.9 Å². The lowest BCUT2D eigenvalue weighted by molar-refractivity contribution is -0.134. The zero-order valence-corrected chi connectivity index (χ0v) is 20.8. The van der Waals surface area contributed by atoms with Crippen molar-refractivity contribution in [3.05, 3.63) is 23.8 Å². The molecule has 1 saturated heterocycles. The van der Waals surface area contributed by atoms with Crippen LogP contribution >= 0.6 is 0 Å². The van der Waals surface area contributed by atoms with Gasteiger partial charge < -0.3 is 30.3 Å². The van der Waals surface area contributed by atoms with Crippen LogP contribution in [0.1, 0.15) is 68.6 Å². The summed E-state index contributed by atoms with van der Waals surface area (Å²) in [6.45, 7) is 3.39. The molecule has 0 spiro atoms. The first-order chi connectivity index (χ1) is 16.9. The fourth-order valence-corrected chi connectivity index (χ4v) is 5.37. The van der Waals surface area contributed by atoms with Crippen LogP contribution in [0, 0.1) is 5.92 Å². The van der Waals surface area contributed by atoms with Crippen molar-refractivity contribution < 1.29 is 23.9 Å². The fourth-order valence-electron chi connectivity index (χ4n) is 5.37. The summed E-state index contributed by atoms with van der Waals surface area (Å²) < 4.78 is 12.3. The highest BCUT2D eigenvalue weighted by molar-refractivity contribution is 5.99. The molecular formula is C26H38N4O5. The molecule has 35 heavy (non-hydrogen) atoms. The van der Waals surface area contributed by atoms with E-state index < -0.39 is 0 Å². The molecule has 2 fully saturated rings. The van der Waals surface area contributed by atoms with Crippen LogP contribution < -0.4 is 20.7 Å². The van der Waals surface area contributed by atoms with Crippen molar-refractivity contribution in [1.29, 1.82) is 0 Å². The second-order valence-corrected chi connectivity index (χ2v) is 9.88. The van der Waals surface area contributed by atoms with Crippen molar-refractivity contribution in [2.45, 2.75) is 76.5 Å². The van der Waals surface area contributed by atoms with Gasteiger partial charge in [0.2, 0.25) is 5.91 Å². The number of nitrogens with zero attached hydrogens (tertiary/aromatic N) is 1. The average molecular weight is 487 g/mol. The van der Waals surface area contributed by atoms with Crippen LogP contribution in [0.3, 0.4) is 0 Å². The summed E-state index contributed by atoms with van der Waals surface area (Å²) in [7, 11) is 1.78. The number of hydrogen-bond acceptors (Lipinski definition) is 5. The lowest BCUT2D eigenvalue weighted by Crippen LogP contribution is -2.54. The van der Waals surface area contributed by atoms with E-state index in [1.54, 1.807) is 30.1 Å². The number of benzene rings is 1. The van der Waals surface area contributed by atoms with Crippen LogP contribution in [-0.2, 0) is 9.53 Å². The molecule has 1 aliphatic carbocycles. The van der Waals surface area contributed by atoms with Gasteiger partial charge in [-0.25, -0.2) is 4.79 Å². The molecule has 3 N–H and O–H groups in total. The molecule has 0 radical (unpaired) electrons. The quantitative estimate of drug-likeness (QED) is 0.572. The third kappa shape index (κ3) is 6.45. The lowest BCUT2D eigenvalue weighted by atomic mass is 9.89. The molecule has 2 aliphatic heterocycles. The Morgan fingerprint density at radius 2 is 1.89 bits per heavy atom. The maximum Gasteiger partial charge on any atom is 0.319 e. The third-order valence-corrected chi connectivity index (χ3v) is 7.33. The van der Waals surface area contributed by atoms with Gasteiger partial charge >= 0.3 is 6.03 Å². The number of urea groups is 1. The largest absolute Gasteiger partial charge is 0.490 e. The predicted octanol–water partition coefficient (Wildman–Crippen LogP) is 3.30. The minimum absolute atomic E-state index is 0.0349. The zero-order chi connectivity index (χ0) is 24.8. The first-order valence-electron chi connectivity index (χ1n) is 13.0. The normalized spacial score (nSPS) is 24.8. The summed E-state index contributed by atoms with van der Waals surface area (Å²) in [5.74, 6) is 0.909. The maximum atomic E-state index is 13.3. The van der Waals surface area contributed by atoms with Crippen molar-refractivity contribution in [3.8, 4) is 5.75 Å². The smallest absolute Gasteiger partial charge is 0.319 e. The first-order valence-corrected chi connectivity index (χ1v) is 13.0. The highest BCUT2D eigenvalue weighted by Crippen LogP contribution is 2.32. The van der Waals surface area contributed by atoms with E-state index >= 15 is 0 Å². The Bertz CT molecular complexity index is 917. The minimum atomic E-state index is -0.324. The highest BCUT2D eigenvalue weighted by Gasteiger charge is 2.39. The number of carbonyl (C=O) groups excluding carboxylic acids is 3. The summed E-state index contributed by atoms with van der Waals surface area (Å²) in [5.41, 5.74) is 0.931. The van der Waals surface area contributed by atoms with Gasteiger partial charge in [-0.05, 0) is 56.7 Å². The van der Waals surface area contributed by atoms with Gasteiger partial charge in [0.1, 0.15) is 18.5 Å². The molecule has 0 bridgehead atoms. The van der Waals surface area contributed by atoms with Crippen molar-refractivity contribution in [2.24, 2.45) is 5.92 Å².